The van der Waals surface area contributed by atoms with Gasteiger partial charge >= 0.3 is 12.1 Å². The number of unbranched alkanes of at least 4 members (excludes halogenated alkanes) is 2. The van der Waals surface area contributed by atoms with Gasteiger partial charge in [0.15, 0.2) is 0 Å². The van der Waals surface area contributed by atoms with Gasteiger partial charge in [0.1, 0.15) is 6.10 Å². The quantitative estimate of drug-likeness (QED) is 0.205. The number of hydrogen-bond acceptors (Lipinski definition) is 5. The molecule has 3 unspecified atom stereocenters. The maximum Gasteiger partial charge on any atom is 0.408 e. The number of amides is 1. The monoisotopic (exact) mass is 581 g/mol. The van der Waals surface area contributed by atoms with E-state index in [2.05, 4.69) is 12.2 Å². The van der Waals surface area contributed by atoms with Crippen LogP contribution in [0.3, 0.4) is 0 Å². The Hall–Kier alpha value is -2.71. The van der Waals surface area contributed by atoms with Gasteiger partial charge in [0.25, 0.3) is 5.60 Å². The highest BCUT2D eigenvalue weighted by Gasteiger charge is 2.57. The molecule has 8 heteroatoms. The van der Waals surface area contributed by atoms with Crippen LogP contribution in [0, 0.1) is 0 Å². The Morgan fingerprint density at radius 2 is 1.49 bits per heavy atom. The molecule has 1 N–H and O–H groups in total. The zero-order chi connectivity index (χ0) is 28.7. The molecule has 3 aliphatic heterocycles. The van der Waals surface area contributed by atoms with Crippen LogP contribution in [0.15, 0.2) is 60.7 Å². The van der Waals surface area contributed by atoms with Gasteiger partial charge < -0.3 is 19.3 Å². The maximum atomic E-state index is 14.4. The van der Waals surface area contributed by atoms with Crippen LogP contribution >= 0.6 is 0 Å². The highest BCUT2D eigenvalue weighted by atomic mass is 32.2. The van der Waals surface area contributed by atoms with E-state index in [0.717, 1.165) is 32.1 Å². The molecule has 0 radical (unpaired) electrons. The van der Waals surface area contributed by atoms with Gasteiger partial charge in [0.2, 0.25) is 0 Å². The highest BCUT2D eigenvalue weighted by molar-refractivity contribution is 7.84. The molecule has 3 aliphatic rings. The molecule has 0 aliphatic carbocycles. The Labute approximate surface area is 247 Å². The molecule has 3 fully saturated rings. The lowest BCUT2D eigenvalue weighted by Crippen LogP contribution is -2.60. The van der Waals surface area contributed by atoms with Gasteiger partial charge in [-0.25, -0.2) is 9.59 Å². The minimum Gasteiger partial charge on any atom is -0.458 e. The standard InChI is InChI=1S/C33H44N2O5S/c1-2-3-12-22-41(38)23-19-34-32(37)40-33(26-13-6-4-7-14-26,27-15-8-5-9-16-27)31(36)39-30-24-28-17-18-29(25-30)35(28)20-10-11-21-35/h4-9,13-16,28-30H,2-3,10-12,17-25H2,1H3/p+1. The lowest BCUT2D eigenvalue weighted by atomic mass is 9.85. The summed E-state index contributed by atoms with van der Waals surface area (Å²) in [6, 6.07) is 19.4. The molecular weight excluding hydrogens is 536 g/mol. The van der Waals surface area contributed by atoms with E-state index in [1.807, 2.05) is 36.4 Å². The first kappa shape index (κ1) is 29.8. The fourth-order valence-electron chi connectivity index (χ4n) is 7.51. The van der Waals surface area contributed by atoms with Gasteiger partial charge in [-0.15, -0.1) is 0 Å². The van der Waals surface area contributed by atoms with Gasteiger partial charge in [-0.1, -0.05) is 80.4 Å². The fraction of sp³-hybridized carbons (Fsp3) is 0.576. The third-order valence-electron chi connectivity index (χ3n) is 9.50. The predicted octanol–water partition coefficient (Wildman–Crippen LogP) is 5.44. The van der Waals surface area contributed by atoms with Crippen LogP contribution in [0.4, 0.5) is 4.79 Å². The zero-order valence-corrected chi connectivity index (χ0v) is 25.1. The molecular formula is C33H45N2O5S+. The average Bonchev–Trinajstić information content (AvgIpc) is 3.53. The Bertz CT molecular complexity index is 1130. The number of esters is 1. The minimum absolute atomic E-state index is 0.201. The summed E-state index contributed by atoms with van der Waals surface area (Å²) in [5, 5.41) is 2.75. The zero-order valence-electron chi connectivity index (χ0n) is 24.3. The SMILES string of the molecule is CCCCCS(=O)CCNC(=O)OC(C(=O)OC1CC2CCC(C1)[N+]21CCCC1)(c1ccccc1)c1ccccc1. The second-order valence-electron chi connectivity index (χ2n) is 11.9. The summed E-state index contributed by atoms with van der Waals surface area (Å²) >= 11 is 0. The number of rotatable bonds is 12. The number of carbonyl (C=O) groups is 2. The van der Waals surface area contributed by atoms with E-state index in [-0.39, 0.29) is 12.6 Å². The highest BCUT2D eigenvalue weighted by Crippen LogP contribution is 2.47. The number of nitrogens with zero attached hydrogens (tertiary/aromatic N) is 1. The Morgan fingerprint density at radius 3 is 2.05 bits per heavy atom. The summed E-state index contributed by atoms with van der Waals surface area (Å²) in [7, 11) is -1.02. The first-order valence-electron chi connectivity index (χ1n) is 15.5. The van der Waals surface area contributed by atoms with Crippen LogP contribution < -0.4 is 5.32 Å². The van der Waals surface area contributed by atoms with E-state index in [4.69, 9.17) is 9.47 Å². The lowest BCUT2D eigenvalue weighted by Gasteiger charge is -2.47. The summed E-state index contributed by atoms with van der Waals surface area (Å²) in [6.07, 6.45) is 8.78. The average molecular weight is 582 g/mol. The van der Waals surface area contributed by atoms with Gasteiger partial charge in [0, 0.05) is 78.5 Å². The van der Waals surface area contributed by atoms with Crippen molar-refractivity contribution in [2.24, 2.45) is 0 Å². The molecule has 3 heterocycles. The second kappa shape index (κ2) is 13.5. The van der Waals surface area contributed by atoms with E-state index >= 15 is 0 Å². The summed E-state index contributed by atoms with van der Waals surface area (Å²) < 4.78 is 26.0. The third kappa shape index (κ3) is 6.38. The first-order valence-corrected chi connectivity index (χ1v) is 17.0. The smallest absolute Gasteiger partial charge is 0.408 e. The lowest BCUT2D eigenvalue weighted by molar-refractivity contribution is -0.956. The van der Waals surface area contributed by atoms with Crippen molar-refractivity contribution in [3.63, 3.8) is 0 Å². The molecule has 7 nitrogen and oxygen atoms in total. The summed E-state index contributed by atoms with van der Waals surface area (Å²) in [5.74, 6) is 0.406. The number of piperidine rings is 1. The molecule has 41 heavy (non-hydrogen) atoms. The van der Waals surface area contributed by atoms with Crippen molar-refractivity contribution in [2.75, 3.05) is 31.1 Å². The first-order chi connectivity index (χ1) is 20.0. The number of hydrogen-bond donors (Lipinski definition) is 1. The summed E-state index contributed by atoms with van der Waals surface area (Å²) in [5.41, 5.74) is -0.684. The van der Waals surface area contributed by atoms with Crippen molar-refractivity contribution in [1.82, 2.24) is 5.32 Å². The number of ether oxygens (including phenoxy) is 2. The molecule has 0 aromatic heterocycles. The van der Waals surface area contributed by atoms with Crippen LogP contribution in [0.2, 0.25) is 0 Å². The molecule has 3 atom stereocenters. The Kier molecular flexibility index (Phi) is 9.81. The maximum absolute atomic E-state index is 14.4. The van der Waals surface area contributed by atoms with Crippen molar-refractivity contribution >= 4 is 22.9 Å². The molecule has 2 bridgehead atoms. The van der Waals surface area contributed by atoms with Crippen LogP contribution in [0.5, 0.6) is 0 Å². The minimum atomic E-state index is -1.76. The number of quaternary nitrogens is 1. The van der Waals surface area contributed by atoms with Crippen LogP contribution in [0.1, 0.15) is 75.8 Å². The molecule has 0 saturated carbocycles. The van der Waals surface area contributed by atoms with Crippen molar-refractivity contribution in [2.45, 2.75) is 88.5 Å². The Balaban J connectivity index is 1.35. The molecule has 222 valence electrons. The van der Waals surface area contributed by atoms with Crippen molar-refractivity contribution in [3.05, 3.63) is 71.8 Å². The normalized spacial score (nSPS) is 23.7. The topological polar surface area (TPSA) is 81.7 Å². The van der Waals surface area contributed by atoms with Gasteiger partial charge in [-0.2, -0.15) is 0 Å². The van der Waals surface area contributed by atoms with Crippen molar-refractivity contribution in [1.29, 1.82) is 0 Å². The Morgan fingerprint density at radius 1 is 0.902 bits per heavy atom. The van der Waals surface area contributed by atoms with E-state index in [9.17, 15) is 13.8 Å². The van der Waals surface area contributed by atoms with E-state index in [0.29, 0.717) is 34.7 Å². The van der Waals surface area contributed by atoms with Crippen molar-refractivity contribution < 1.29 is 27.8 Å². The van der Waals surface area contributed by atoms with E-state index in [1.165, 1.54) is 43.3 Å². The molecule has 1 spiro atoms. The van der Waals surface area contributed by atoms with Crippen LogP contribution in [-0.2, 0) is 30.7 Å². The molecule has 2 aromatic carbocycles. The molecule has 2 aromatic rings. The fourth-order valence-corrected chi connectivity index (χ4v) is 8.57. The predicted molar refractivity (Wildman–Crippen MR) is 161 cm³/mol. The van der Waals surface area contributed by atoms with Crippen LogP contribution in [0.25, 0.3) is 0 Å². The van der Waals surface area contributed by atoms with E-state index < -0.39 is 28.5 Å². The third-order valence-corrected chi connectivity index (χ3v) is 10.9. The largest absolute Gasteiger partial charge is 0.458 e. The number of carbonyl (C=O) groups excluding carboxylic acids is 2. The summed E-state index contributed by atoms with van der Waals surface area (Å²) in [6.45, 7) is 4.82. The van der Waals surface area contributed by atoms with Gasteiger partial charge in [-0.05, 0) is 6.42 Å². The summed E-state index contributed by atoms with van der Waals surface area (Å²) in [4.78, 5) is 27.6. The van der Waals surface area contributed by atoms with Crippen molar-refractivity contribution in [3.8, 4) is 0 Å². The number of nitrogens with one attached hydrogen (secondary N) is 1. The molecule has 3 saturated heterocycles. The number of benzene rings is 2. The second-order valence-corrected chi connectivity index (χ2v) is 13.6. The van der Waals surface area contributed by atoms with E-state index in [1.54, 1.807) is 24.3 Å². The van der Waals surface area contributed by atoms with Crippen LogP contribution in [-0.4, -0.2) is 70.1 Å². The number of alkyl carbamates (subject to hydrolysis) is 1. The molecule has 1 amide bonds. The van der Waals surface area contributed by atoms with Gasteiger partial charge in [-0.3, -0.25) is 4.21 Å². The van der Waals surface area contributed by atoms with Gasteiger partial charge in [0.05, 0.1) is 25.2 Å². The molecule has 5 rings (SSSR count).